The Morgan fingerprint density at radius 2 is 1.88 bits per heavy atom. The van der Waals surface area contributed by atoms with E-state index >= 15 is 0 Å². The Morgan fingerprint density at radius 3 is 2.73 bits per heavy atom. The molecule has 0 N–H and O–H groups in total. The van der Waals surface area contributed by atoms with E-state index in [9.17, 15) is 0 Å². The molecule has 4 nitrogen and oxygen atoms in total. The summed E-state index contributed by atoms with van der Waals surface area (Å²) in [6, 6.07) is 17.4. The van der Waals surface area contributed by atoms with Crippen molar-refractivity contribution in [3.63, 3.8) is 0 Å². The van der Waals surface area contributed by atoms with Crippen molar-refractivity contribution in [2.75, 3.05) is 0 Å². The SMILES string of the molecule is CC(C)c1ccccc1-n1c[n+]2c(n1)CO[C@H]1Cc3ccccc3[C@H]12.[Cl-]. The maximum Gasteiger partial charge on any atom is 0.304 e. The highest BCUT2D eigenvalue weighted by molar-refractivity contribution is 5.41. The molecule has 0 unspecified atom stereocenters. The Hall–Kier alpha value is -2.17. The standard InChI is InChI=1S/C21H22N3O.ClH/c1-14(2)16-8-5-6-10-18(16)24-13-23-20(22-24)12-25-19-11-15-7-3-4-9-17(15)21(19)23;/h3-10,13-14,19,21H,11-12H2,1-2H3;1H/q+1;/p-1/t19-,21+;/m0./s1. The predicted molar refractivity (Wildman–Crippen MR) is 94.7 cm³/mol. The summed E-state index contributed by atoms with van der Waals surface area (Å²) in [6.45, 7) is 5.02. The van der Waals surface area contributed by atoms with Crippen molar-refractivity contribution in [2.24, 2.45) is 0 Å². The average Bonchev–Trinajstić information content (AvgIpc) is 3.22. The lowest BCUT2D eigenvalue weighted by Gasteiger charge is -2.23. The molecule has 3 aromatic rings. The normalized spacial score (nSPS) is 20.3. The molecule has 26 heavy (non-hydrogen) atoms. The maximum absolute atomic E-state index is 6.14. The third-order valence-corrected chi connectivity index (χ3v) is 5.43. The molecule has 1 aromatic heterocycles. The zero-order valence-corrected chi connectivity index (χ0v) is 15.7. The highest BCUT2D eigenvalue weighted by Crippen LogP contribution is 2.35. The van der Waals surface area contributed by atoms with Crippen LogP contribution in [0.2, 0.25) is 0 Å². The van der Waals surface area contributed by atoms with Crippen LogP contribution in [0.3, 0.4) is 0 Å². The third kappa shape index (κ3) is 2.56. The van der Waals surface area contributed by atoms with Gasteiger partial charge < -0.3 is 17.1 Å². The molecular weight excluding hydrogens is 346 g/mol. The van der Waals surface area contributed by atoms with Gasteiger partial charge in [-0.05, 0) is 28.7 Å². The third-order valence-electron chi connectivity index (χ3n) is 5.43. The van der Waals surface area contributed by atoms with E-state index in [2.05, 4.69) is 73.3 Å². The lowest BCUT2D eigenvalue weighted by Crippen LogP contribution is -3.00. The van der Waals surface area contributed by atoms with E-state index in [1.807, 2.05) is 4.68 Å². The summed E-state index contributed by atoms with van der Waals surface area (Å²) in [5.74, 6) is 1.45. The van der Waals surface area contributed by atoms with Crippen LogP contribution in [0, 0.1) is 0 Å². The molecule has 0 bridgehead atoms. The van der Waals surface area contributed by atoms with Crippen molar-refractivity contribution >= 4 is 0 Å². The first-order valence-electron chi connectivity index (χ1n) is 9.01. The van der Waals surface area contributed by atoms with Crippen LogP contribution < -0.4 is 17.0 Å². The van der Waals surface area contributed by atoms with Gasteiger partial charge in [0.25, 0.3) is 0 Å². The Morgan fingerprint density at radius 1 is 1.12 bits per heavy atom. The van der Waals surface area contributed by atoms with Crippen LogP contribution in [0.1, 0.15) is 48.3 Å². The second-order valence-electron chi connectivity index (χ2n) is 7.29. The van der Waals surface area contributed by atoms with E-state index in [-0.39, 0.29) is 24.6 Å². The first kappa shape index (κ1) is 17.3. The molecule has 2 heterocycles. The Balaban J connectivity index is 0.00000168. The number of aromatic nitrogens is 3. The second-order valence-corrected chi connectivity index (χ2v) is 7.29. The topological polar surface area (TPSA) is 30.9 Å². The van der Waals surface area contributed by atoms with Gasteiger partial charge in [-0.2, -0.15) is 0 Å². The Kier molecular flexibility index (Phi) is 4.33. The van der Waals surface area contributed by atoms with Gasteiger partial charge in [-0.25, -0.2) is 4.57 Å². The first-order valence-corrected chi connectivity index (χ1v) is 9.01. The van der Waals surface area contributed by atoms with Crippen LogP contribution in [0.15, 0.2) is 54.9 Å². The van der Waals surface area contributed by atoms with Gasteiger partial charge in [0.15, 0.2) is 0 Å². The number of nitrogens with zero attached hydrogens (tertiary/aromatic N) is 3. The van der Waals surface area contributed by atoms with Gasteiger partial charge in [0.1, 0.15) is 24.4 Å². The molecule has 1 aliphatic heterocycles. The van der Waals surface area contributed by atoms with Crippen molar-refractivity contribution in [3.8, 4) is 5.69 Å². The number of halogens is 1. The van der Waals surface area contributed by atoms with Crippen LogP contribution in [0.25, 0.3) is 5.69 Å². The summed E-state index contributed by atoms with van der Waals surface area (Å²) in [6.07, 6.45) is 3.35. The smallest absolute Gasteiger partial charge is 0.304 e. The van der Waals surface area contributed by atoms with E-state index < -0.39 is 0 Å². The van der Waals surface area contributed by atoms with Gasteiger partial charge >= 0.3 is 5.82 Å². The quantitative estimate of drug-likeness (QED) is 0.611. The summed E-state index contributed by atoms with van der Waals surface area (Å²) < 4.78 is 10.5. The molecule has 134 valence electrons. The maximum atomic E-state index is 6.14. The number of para-hydroxylation sites is 1. The molecular formula is C21H22ClN3O. The van der Waals surface area contributed by atoms with Crippen molar-refractivity contribution in [1.82, 2.24) is 9.78 Å². The van der Waals surface area contributed by atoms with E-state index in [0.717, 1.165) is 17.9 Å². The number of hydrogen-bond acceptors (Lipinski definition) is 2. The van der Waals surface area contributed by atoms with E-state index in [1.54, 1.807) is 0 Å². The number of rotatable bonds is 2. The summed E-state index contributed by atoms with van der Waals surface area (Å²) in [5, 5.41) is 4.85. The zero-order chi connectivity index (χ0) is 17.0. The van der Waals surface area contributed by atoms with Crippen molar-refractivity contribution in [1.29, 1.82) is 0 Å². The lowest BCUT2D eigenvalue weighted by molar-refractivity contribution is -0.739. The minimum Gasteiger partial charge on any atom is -1.00 e. The number of fused-ring (bicyclic) bond motifs is 5. The summed E-state index contributed by atoms with van der Waals surface area (Å²) in [5.41, 5.74) is 5.23. The highest BCUT2D eigenvalue weighted by Gasteiger charge is 2.43. The van der Waals surface area contributed by atoms with E-state index in [1.165, 1.54) is 16.7 Å². The molecule has 5 heteroatoms. The molecule has 5 rings (SSSR count). The minimum atomic E-state index is 0. The van der Waals surface area contributed by atoms with E-state index in [4.69, 9.17) is 9.84 Å². The largest absolute Gasteiger partial charge is 1.00 e. The monoisotopic (exact) mass is 367 g/mol. The minimum absolute atomic E-state index is 0. The highest BCUT2D eigenvalue weighted by atomic mass is 35.5. The molecule has 0 radical (unpaired) electrons. The van der Waals surface area contributed by atoms with Crippen molar-refractivity contribution in [3.05, 3.63) is 77.4 Å². The number of hydrogen-bond donors (Lipinski definition) is 0. The summed E-state index contributed by atoms with van der Waals surface area (Å²) in [7, 11) is 0. The molecule has 0 fully saturated rings. The van der Waals surface area contributed by atoms with Crippen molar-refractivity contribution in [2.45, 2.75) is 44.9 Å². The summed E-state index contributed by atoms with van der Waals surface area (Å²) in [4.78, 5) is 0. The van der Waals surface area contributed by atoms with Crippen LogP contribution >= 0.6 is 0 Å². The first-order chi connectivity index (χ1) is 12.2. The molecule has 2 atom stereocenters. The van der Waals surface area contributed by atoms with Gasteiger partial charge in [0, 0.05) is 11.5 Å². The van der Waals surface area contributed by atoms with Crippen LogP contribution in [0.4, 0.5) is 0 Å². The second kappa shape index (κ2) is 6.53. The van der Waals surface area contributed by atoms with Gasteiger partial charge in [-0.1, -0.05) is 61.0 Å². The Labute approximate surface area is 159 Å². The molecule has 0 saturated carbocycles. The molecule has 2 aromatic carbocycles. The van der Waals surface area contributed by atoms with Gasteiger partial charge in [0.2, 0.25) is 6.33 Å². The molecule has 0 saturated heterocycles. The fraction of sp³-hybridized carbons (Fsp3) is 0.333. The zero-order valence-electron chi connectivity index (χ0n) is 15.0. The fourth-order valence-electron chi connectivity index (χ4n) is 4.22. The van der Waals surface area contributed by atoms with Gasteiger partial charge in [0.05, 0.1) is 0 Å². The van der Waals surface area contributed by atoms with E-state index in [0.29, 0.717) is 12.5 Å². The van der Waals surface area contributed by atoms with Gasteiger partial charge in [-0.15, -0.1) is 0 Å². The van der Waals surface area contributed by atoms with Crippen LogP contribution in [-0.4, -0.2) is 15.9 Å². The molecule has 2 aliphatic rings. The van der Waals surface area contributed by atoms with Crippen molar-refractivity contribution < 1.29 is 21.7 Å². The average molecular weight is 368 g/mol. The van der Waals surface area contributed by atoms with Crippen LogP contribution in [0.5, 0.6) is 0 Å². The predicted octanol–water partition coefficient (Wildman–Crippen LogP) is 0.332. The molecule has 0 spiro atoms. The molecule has 1 aliphatic carbocycles. The van der Waals surface area contributed by atoms with Gasteiger partial charge in [-0.3, -0.25) is 0 Å². The lowest BCUT2D eigenvalue weighted by atomic mass is 10.0. The van der Waals surface area contributed by atoms with Crippen LogP contribution in [-0.2, 0) is 17.8 Å². The summed E-state index contributed by atoms with van der Waals surface area (Å²) >= 11 is 0. The fourth-order valence-corrected chi connectivity index (χ4v) is 4.22. The molecule has 0 amide bonds. The Bertz CT molecular complexity index is 950. The number of ether oxygens (including phenoxy) is 1. The number of benzene rings is 2.